The molecule has 0 bridgehead atoms. The summed E-state index contributed by atoms with van der Waals surface area (Å²) in [6.07, 6.45) is 0. The Kier molecular flexibility index (Phi) is 7.42. The van der Waals surface area contributed by atoms with E-state index in [1.165, 1.54) is 27.1 Å². The molecule has 57 heavy (non-hydrogen) atoms. The van der Waals surface area contributed by atoms with Gasteiger partial charge < -0.3 is 13.7 Å². The van der Waals surface area contributed by atoms with Gasteiger partial charge in [0.1, 0.15) is 22.3 Å². The summed E-state index contributed by atoms with van der Waals surface area (Å²) in [6.45, 7) is 6.85. The Morgan fingerprint density at radius 2 is 1.07 bits per heavy atom. The van der Waals surface area contributed by atoms with Crippen molar-refractivity contribution >= 4 is 82.5 Å². The highest BCUT2D eigenvalue weighted by molar-refractivity contribution is 6.18. The number of nitrogens with zero attached hydrogens (tertiary/aromatic N) is 1. The van der Waals surface area contributed by atoms with Crippen LogP contribution in [0, 0.1) is 0 Å². The summed E-state index contributed by atoms with van der Waals surface area (Å²) in [5.74, 6) is 0. The maximum atomic E-state index is 6.74. The Hall–Kier alpha value is -7.10. The molecule has 0 saturated carbocycles. The number of rotatable bonds is 5. The summed E-state index contributed by atoms with van der Waals surface area (Å²) in [4.78, 5) is 2.45. The quantitative estimate of drug-likeness (QED) is 0.176. The molecule has 11 rings (SSSR count). The van der Waals surface area contributed by atoms with E-state index in [-0.39, 0.29) is 5.41 Å². The molecule has 0 aliphatic heterocycles. The van der Waals surface area contributed by atoms with Crippen molar-refractivity contribution in [3.8, 4) is 22.3 Å². The molecule has 3 heteroatoms. The topological polar surface area (TPSA) is 29.5 Å². The fourth-order valence-corrected chi connectivity index (χ4v) is 8.76. The summed E-state index contributed by atoms with van der Waals surface area (Å²) in [5, 5.41) is 9.13. The van der Waals surface area contributed by atoms with Gasteiger partial charge in [-0.25, -0.2) is 0 Å². The van der Waals surface area contributed by atoms with Crippen molar-refractivity contribution < 1.29 is 8.83 Å². The first-order valence-electron chi connectivity index (χ1n) is 19.7. The van der Waals surface area contributed by atoms with Gasteiger partial charge in [0.05, 0.1) is 11.4 Å². The summed E-state index contributed by atoms with van der Waals surface area (Å²) >= 11 is 0. The zero-order chi connectivity index (χ0) is 38.3. The van der Waals surface area contributed by atoms with Gasteiger partial charge in [-0.05, 0) is 98.2 Å². The van der Waals surface area contributed by atoms with E-state index in [4.69, 9.17) is 8.83 Å². The van der Waals surface area contributed by atoms with Crippen molar-refractivity contribution in [1.29, 1.82) is 0 Å². The monoisotopic (exact) mass is 733 g/mol. The third-order valence-electron chi connectivity index (χ3n) is 11.6. The van der Waals surface area contributed by atoms with Crippen LogP contribution in [0.5, 0.6) is 0 Å². The molecule has 2 aromatic heterocycles. The predicted octanol–water partition coefficient (Wildman–Crippen LogP) is 15.9. The molecule has 0 radical (unpaired) electrons. The molecule has 0 unspecified atom stereocenters. The molecule has 0 amide bonds. The van der Waals surface area contributed by atoms with Gasteiger partial charge in [-0.2, -0.15) is 0 Å². The fourth-order valence-electron chi connectivity index (χ4n) is 8.76. The average Bonchev–Trinajstić information content (AvgIpc) is 3.80. The van der Waals surface area contributed by atoms with Gasteiger partial charge in [-0.15, -0.1) is 0 Å². The number of hydrogen-bond acceptors (Lipinski definition) is 3. The molecule has 0 aliphatic rings. The van der Waals surface area contributed by atoms with Gasteiger partial charge in [0.25, 0.3) is 0 Å². The van der Waals surface area contributed by atoms with Crippen LogP contribution in [-0.4, -0.2) is 0 Å². The van der Waals surface area contributed by atoms with Crippen molar-refractivity contribution in [2.24, 2.45) is 0 Å². The number of furan rings is 2. The normalized spacial score (nSPS) is 12.1. The molecular formula is C54H39NO2. The molecule has 2 heterocycles. The minimum atomic E-state index is -0.0459. The van der Waals surface area contributed by atoms with E-state index in [2.05, 4.69) is 202 Å². The van der Waals surface area contributed by atoms with Crippen molar-refractivity contribution in [2.45, 2.75) is 26.2 Å². The van der Waals surface area contributed by atoms with E-state index >= 15 is 0 Å². The highest BCUT2D eigenvalue weighted by Gasteiger charge is 2.26. The largest absolute Gasteiger partial charge is 0.456 e. The van der Waals surface area contributed by atoms with Gasteiger partial charge in [0, 0.05) is 44.4 Å². The second-order valence-electron chi connectivity index (χ2n) is 16.1. The van der Waals surface area contributed by atoms with Crippen LogP contribution >= 0.6 is 0 Å². The second-order valence-corrected chi connectivity index (χ2v) is 16.1. The zero-order valence-corrected chi connectivity index (χ0v) is 32.1. The second kappa shape index (κ2) is 12.7. The molecule has 0 saturated heterocycles. The van der Waals surface area contributed by atoms with Gasteiger partial charge in [-0.3, -0.25) is 0 Å². The summed E-state index contributed by atoms with van der Waals surface area (Å²) < 4.78 is 13.2. The number of para-hydroxylation sites is 1. The smallest absolute Gasteiger partial charge is 0.137 e. The third-order valence-corrected chi connectivity index (χ3v) is 11.6. The zero-order valence-electron chi connectivity index (χ0n) is 32.1. The molecule has 11 aromatic rings. The molecule has 0 spiro atoms. The first-order valence-corrected chi connectivity index (χ1v) is 19.7. The molecule has 0 atom stereocenters. The van der Waals surface area contributed by atoms with Crippen molar-refractivity contribution in [3.05, 3.63) is 188 Å². The van der Waals surface area contributed by atoms with Crippen LogP contribution in [0.4, 0.5) is 17.1 Å². The molecule has 3 nitrogen and oxygen atoms in total. The highest BCUT2D eigenvalue weighted by Crippen LogP contribution is 2.50. The van der Waals surface area contributed by atoms with E-state index in [0.717, 1.165) is 83.2 Å². The lowest BCUT2D eigenvalue weighted by Gasteiger charge is -2.32. The van der Waals surface area contributed by atoms with Crippen LogP contribution in [0.2, 0.25) is 0 Å². The number of benzene rings is 9. The SMILES string of the molecule is CC(C)(C)c1ccc(N(c2ccc3c(c2)oc2cc4ccccc4cc23)c2ccc3ccccc3c2-c2cccc3oc4ccccc4c23)c(-c2ccccc2)c1. The molecule has 0 N–H and O–H groups in total. The van der Waals surface area contributed by atoms with Gasteiger partial charge in [-0.1, -0.05) is 142 Å². The van der Waals surface area contributed by atoms with Crippen LogP contribution in [0.1, 0.15) is 26.3 Å². The number of anilines is 3. The van der Waals surface area contributed by atoms with Crippen LogP contribution in [0.3, 0.4) is 0 Å². The Morgan fingerprint density at radius 1 is 0.404 bits per heavy atom. The molecule has 9 aromatic carbocycles. The van der Waals surface area contributed by atoms with E-state index in [0.29, 0.717) is 0 Å². The summed E-state index contributed by atoms with van der Waals surface area (Å²) in [7, 11) is 0. The lowest BCUT2D eigenvalue weighted by atomic mass is 9.84. The summed E-state index contributed by atoms with van der Waals surface area (Å²) in [6, 6.07) is 65.5. The summed E-state index contributed by atoms with van der Waals surface area (Å²) in [5.41, 5.74) is 12.4. The van der Waals surface area contributed by atoms with Gasteiger partial charge in [0.2, 0.25) is 0 Å². The van der Waals surface area contributed by atoms with E-state index < -0.39 is 0 Å². The standard InChI is InChI=1S/C54H39NO2/c1-54(2,3)38-25-29-46(44(32-38)34-14-5-4-6-15-34)55(39-26-27-41-45-30-36-17-7-8-18-37(36)31-50(45)57-51(41)33-39)47-28-24-35-16-9-10-19-40(35)52(47)43-21-13-23-49-53(43)42-20-11-12-22-48(42)56-49/h4-33H,1-3H3. The van der Waals surface area contributed by atoms with E-state index in [9.17, 15) is 0 Å². The minimum absolute atomic E-state index is 0.0459. The lowest BCUT2D eigenvalue weighted by Crippen LogP contribution is -2.15. The Morgan fingerprint density at radius 3 is 1.89 bits per heavy atom. The van der Waals surface area contributed by atoms with Crippen molar-refractivity contribution in [2.75, 3.05) is 4.90 Å². The average molecular weight is 734 g/mol. The van der Waals surface area contributed by atoms with Crippen molar-refractivity contribution in [3.63, 3.8) is 0 Å². The predicted molar refractivity (Wildman–Crippen MR) is 240 cm³/mol. The molecule has 0 fully saturated rings. The van der Waals surface area contributed by atoms with Crippen LogP contribution < -0.4 is 4.90 Å². The molecule has 272 valence electrons. The van der Waals surface area contributed by atoms with Gasteiger partial charge in [0.15, 0.2) is 0 Å². The molecule has 0 aliphatic carbocycles. The van der Waals surface area contributed by atoms with Gasteiger partial charge >= 0.3 is 0 Å². The fraction of sp³-hybridized carbons (Fsp3) is 0.0741. The first kappa shape index (κ1) is 33.3. The van der Waals surface area contributed by atoms with E-state index in [1.807, 2.05) is 6.07 Å². The maximum absolute atomic E-state index is 6.74. The Balaban J connectivity index is 1.25. The van der Waals surface area contributed by atoms with Crippen LogP contribution in [-0.2, 0) is 5.41 Å². The minimum Gasteiger partial charge on any atom is -0.456 e. The first-order chi connectivity index (χ1) is 27.9. The van der Waals surface area contributed by atoms with Crippen molar-refractivity contribution in [1.82, 2.24) is 0 Å². The Bertz CT molecular complexity index is 3340. The number of hydrogen-bond donors (Lipinski definition) is 0. The Labute approximate surface area is 331 Å². The van der Waals surface area contributed by atoms with Crippen LogP contribution in [0.25, 0.3) is 87.7 Å². The lowest BCUT2D eigenvalue weighted by molar-refractivity contribution is 0.590. The number of fused-ring (bicyclic) bond motifs is 8. The maximum Gasteiger partial charge on any atom is 0.137 e. The van der Waals surface area contributed by atoms with Crippen LogP contribution in [0.15, 0.2) is 191 Å². The third kappa shape index (κ3) is 5.42. The molecular weight excluding hydrogens is 695 g/mol. The highest BCUT2D eigenvalue weighted by atomic mass is 16.3. The van der Waals surface area contributed by atoms with E-state index in [1.54, 1.807) is 0 Å².